The lowest BCUT2D eigenvalue weighted by atomic mass is 10.1. The second-order valence-electron chi connectivity index (χ2n) is 5.49. The molecule has 2 aromatic carbocycles. The van der Waals surface area contributed by atoms with Gasteiger partial charge in [-0.2, -0.15) is 0 Å². The summed E-state index contributed by atoms with van der Waals surface area (Å²) in [5, 5.41) is 2.74. The molecule has 7 heteroatoms. The van der Waals surface area contributed by atoms with Crippen molar-refractivity contribution in [3.8, 4) is 17.2 Å². The van der Waals surface area contributed by atoms with Gasteiger partial charge in [-0.05, 0) is 24.3 Å². The van der Waals surface area contributed by atoms with Crippen molar-refractivity contribution in [3.05, 3.63) is 48.0 Å². The Morgan fingerprint density at radius 3 is 2.04 bits per heavy atom. The fourth-order valence-corrected chi connectivity index (χ4v) is 2.43. The van der Waals surface area contributed by atoms with Gasteiger partial charge >= 0.3 is 0 Å². The van der Waals surface area contributed by atoms with Crippen LogP contribution >= 0.6 is 0 Å². The molecular formula is C19H22N2O5. The standard InChI is InChI=1S/C19H22N2O5/c1-21(12-17(22)20-14-8-6-5-7-9-14)19(23)13-10-15(24-2)18(26-4)16(11-13)25-3/h5-11H,12H2,1-4H3,(H,20,22). The summed E-state index contributed by atoms with van der Waals surface area (Å²) in [6, 6.07) is 12.2. The number of hydrogen-bond acceptors (Lipinski definition) is 5. The Morgan fingerprint density at radius 2 is 1.54 bits per heavy atom. The average Bonchev–Trinajstić information content (AvgIpc) is 2.66. The molecule has 1 N–H and O–H groups in total. The molecule has 7 nitrogen and oxygen atoms in total. The SMILES string of the molecule is COc1cc(C(=O)N(C)CC(=O)Nc2ccccc2)cc(OC)c1OC. The maximum Gasteiger partial charge on any atom is 0.254 e. The van der Waals surface area contributed by atoms with Crippen LogP contribution in [0, 0.1) is 0 Å². The molecule has 138 valence electrons. The van der Waals surface area contributed by atoms with Crippen LogP contribution in [-0.2, 0) is 4.79 Å². The molecule has 0 spiro atoms. The highest BCUT2D eigenvalue weighted by Gasteiger charge is 2.20. The molecule has 0 aliphatic heterocycles. The predicted molar refractivity (Wildman–Crippen MR) is 98.1 cm³/mol. The fraction of sp³-hybridized carbons (Fsp3) is 0.263. The molecular weight excluding hydrogens is 336 g/mol. The minimum Gasteiger partial charge on any atom is -0.493 e. The predicted octanol–water partition coefficient (Wildman–Crippen LogP) is 2.42. The zero-order valence-corrected chi connectivity index (χ0v) is 15.2. The van der Waals surface area contributed by atoms with Crippen LogP contribution in [0.4, 0.5) is 5.69 Å². The Bertz CT molecular complexity index is 752. The van der Waals surface area contributed by atoms with Gasteiger partial charge in [-0.15, -0.1) is 0 Å². The minimum atomic E-state index is -0.340. The van der Waals surface area contributed by atoms with Crippen LogP contribution in [0.2, 0.25) is 0 Å². The Hall–Kier alpha value is -3.22. The van der Waals surface area contributed by atoms with E-state index in [0.717, 1.165) is 0 Å². The number of methoxy groups -OCH3 is 3. The number of anilines is 1. The van der Waals surface area contributed by atoms with Gasteiger partial charge in [0.1, 0.15) is 0 Å². The number of benzene rings is 2. The van der Waals surface area contributed by atoms with Crippen molar-refractivity contribution >= 4 is 17.5 Å². The molecule has 0 saturated carbocycles. The second kappa shape index (κ2) is 8.75. The third-order valence-corrected chi connectivity index (χ3v) is 3.70. The summed E-state index contributed by atoms with van der Waals surface area (Å²) in [6.45, 7) is -0.0929. The van der Waals surface area contributed by atoms with Gasteiger partial charge in [-0.3, -0.25) is 9.59 Å². The molecule has 0 saturated heterocycles. The molecule has 2 rings (SSSR count). The van der Waals surface area contributed by atoms with E-state index in [-0.39, 0.29) is 18.4 Å². The van der Waals surface area contributed by atoms with Crippen LogP contribution in [0.15, 0.2) is 42.5 Å². The fourth-order valence-electron chi connectivity index (χ4n) is 2.43. The van der Waals surface area contributed by atoms with E-state index >= 15 is 0 Å². The topological polar surface area (TPSA) is 77.1 Å². The average molecular weight is 358 g/mol. The number of carbonyl (C=O) groups is 2. The van der Waals surface area contributed by atoms with Gasteiger partial charge in [0.05, 0.1) is 27.9 Å². The van der Waals surface area contributed by atoms with E-state index in [2.05, 4.69) is 5.32 Å². The number of carbonyl (C=O) groups excluding carboxylic acids is 2. The van der Waals surface area contributed by atoms with Gasteiger partial charge in [0.15, 0.2) is 11.5 Å². The molecule has 0 heterocycles. The first-order chi connectivity index (χ1) is 12.5. The van der Waals surface area contributed by atoms with Crippen LogP contribution in [0.1, 0.15) is 10.4 Å². The van der Waals surface area contributed by atoms with E-state index in [1.165, 1.54) is 26.2 Å². The van der Waals surface area contributed by atoms with Crippen molar-refractivity contribution in [2.45, 2.75) is 0 Å². The lowest BCUT2D eigenvalue weighted by Gasteiger charge is -2.19. The van der Waals surface area contributed by atoms with Gasteiger partial charge in [0.25, 0.3) is 5.91 Å². The smallest absolute Gasteiger partial charge is 0.254 e. The summed E-state index contributed by atoms with van der Waals surface area (Å²) in [6.07, 6.45) is 0. The van der Waals surface area contributed by atoms with Crippen molar-refractivity contribution in [2.75, 3.05) is 40.2 Å². The van der Waals surface area contributed by atoms with Crippen LogP contribution in [0.25, 0.3) is 0 Å². The molecule has 0 aliphatic rings. The first-order valence-electron chi connectivity index (χ1n) is 7.90. The number of amides is 2. The van der Waals surface area contributed by atoms with E-state index in [1.807, 2.05) is 18.2 Å². The third kappa shape index (κ3) is 4.44. The van der Waals surface area contributed by atoms with Crippen molar-refractivity contribution in [1.82, 2.24) is 4.90 Å². The Labute approximate surface area is 152 Å². The van der Waals surface area contributed by atoms with Gasteiger partial charge in [0.2, 0.25) is 11.7 Å². The molecule has 0 bridgehead atoms. The number of hydrogen-bond donors (Lipinski definition) is 1. The van der Waals surface area contributed by atoms with E-state index in [1.54, 1.807) is 31.3 Å². The molecule has 0 aromatic heterocycles. The highest BCUT2D eigenvalue weighted by molar-refractivity contribution is 6.00. The zero-order valence-electron chi connectivity index (χ0n) is 15.2. The second-order valence-corrected chi connectivity index (χ2v) is 5.49. The van der Waals surface area contributed by atoms with Crippen LogP contribution < -0.4 is 19.5 Å². The molecule has 2 amide bonds. The lowest BCUT2D eigenvalue weighted by Crippen LogP contribution is -2.35. The Kier molecular flexibility index (Phi) is 6.43. The van der Waals surface area contributed by atoms with Gasteiger partial charge < -0.3 is 24.4 Å². The quantitative estimate of drug-likeness (QED) is 0.823. The normalized spacial score (nSPS) is 10.0. The Balaban J connectivity index is 2.13. The van der Waals surface area contributed by atoms with Crippen molar-refractivity contribution < 1.29 is 23.8 Å². The Morgan fingerprint density at radius 1 is 0.962 bits per heavy atom. The number of ether oxygens (including phenoxy) is 3. The highest BCUT2D eigenvalue weighted by atomic mass is 16.5. The molecule has 0 aliphatic carbocycles. The number of likely N-dealkylation sites (N-methyl/N-ethyl adjacent to an activating group) is 1. The first-order valence-corrected chi connectivity index (χ1v) is 7.90. The van der Waals surface area contributed by atoms with E-state index in [4.69, 9.17) is 14.2 Å². The van der Waals surface area contributed by atoms with E-state index in [9.17, 15) is 9.59 Å². The van der Waals surface area contributed by atoms with Crippen molar-refractivity contribution in [1.29, 1.82) is 0 Å². The minimum absolute atomic E-state index is 0.0929. The molecule has 0 atom stereocenters. The summed E-state index contributed by atoms with van der Waals surface area (Å²) < 4.78 is 15.8. The summed E-state index contributed by atoms with van der Waals surface area (Å²) in [5.41, 5.74) is 1.00. The maximum absolute atomic E-state index is 12.7. The summed E-state index contributed by atoms with van der Waals surface area (Å²) >= 11 is 0. The molecule has 0 fully saturated rings. The molecule has 0 unspecified atom stereocenters. The largest absolute Gasteiger partial charge is 0.493 e. The third-order valence-electron chi connectivity index (χ3n) is 3.70. The number of nitrogens with zero attached hydrogens (tertiary/aromatic N) is 1. The van der Waals surface area contributed by atoms with Crippen molar-refractivity contribution in [2.24, 2.45) is 0 Å². The number of rotatable bonds is 7. The molecule has 26 heavy (non-hydrogen) atoms. The van der Waals surface area contributed by atoms with Crippen LogP contribution in [-0.4, -0.2) is 51.6 Å². The maximum atomic E-state index is 12.7. The summed E-state index contributed by atoms with van der Waals surface area (Å²) in [5.74, 6) is 0.512. The number of para-hydroxylation sites is 1. The van der Waals surface area contributed by atoms with Gasteiger partial charge in [-0.25, -0.2) is 0 Å². The first kappa shape index (κ1) is 19.1. The lowest BCUT2D eigenvalue weighted by molar-refractivity contribution is -0.116. The van der Waals surface area contributed by atoms with E-state index in [0.29, 0.717) is 28.5 Å². The molecule has 2 aromatic rings. The molecule has 0 radical (unpaired) electrons. The number of nitrogens with one attached hydrogen (secondary N) is 1. The summed E-state index contributed by atoms with van der Waals surface area (Å²) in [7, 11) is 5.99. The zero-order chi connectivity index (χ0) is 19.1. The van der Waals surface area contributed by atoms with Gasteiger partial charge in [0, 0.05) is 18.3 Å². The highest BCUT2D eigenvalue weighted by Crippen LogP contribution is 2.38. The summed E-state index contributed by atoms with van der Waals surface area (Å²) in [4.78, 5) is 26.1. The van der Waals surface area contributed by atoms with Crippen LogP contribution in [0.3, 0.4) is 0 Å². The van der Waals surface area contributed by atoms with Crippen LogP contribution in [0.5, 0.6) is 17.2 Å². The van der Waals surface area contributed by atoms with Crippen molar-refractivity contribution in [3.63, 3.8) is 0 Å². The monoisotopic (exact) mass is 358 g/mol. The van der Waals surface area contributed by atoms with Gasteiger partial charge in [-0.1, -0.05) is 18.2 Å². The van der Waals surface area contributed by atoms with E-state index < -0.39 is 0 Å².